The molecule has 26 heavy (non-hydrogen) atoms. The van der Waals surface area contributed by atoms with Crippen molar-refractivity contribution >= 4 is 22.8 Å². The number of aromatic nitrogens is 5. The number of hydrogen-bond acceptors (Lipinski definition) is 7. The zero-order chi connectivity index (χ0) is 17.9. The van der Waals surface area contributed by atoms with E-state index in [0.29, 0.717) is 28.4 Å². The van der Waals surface area contributed by atoms with Gasteiger partial charge in [-0.1, -0.05) is 17.3 Å². The lowest BCUT2D eigenvalue weighted by Crippen LogP contribution is -2.01. The van der Waals surface area contributed by atoms with Crippen LogP contribution in [0.3, 0.4) is 0 Å². The molecular formula is C18H13N7O. The lowest BCUT2D eigenvalue weighted by molar-refractivity contribution is 0.414. The average molecular weight is 343 g/mol. The van der Waals surface area contributed by atoms with Crippen molar-refractivity contribution in [1.82, 2.24) is 25.0 Å². The molecule has 0 radical (unpaired) electrons. The van der Waals surface area contributed by atoms with E-state index >= 15 is 0 Å². The summed E-state index contributed by atoms with van der Waals surface area (Å²) in [6.45, 7) is 0. The number of fused-ring (bicyclic) bond motifs is 1. The molecule has 0 amide bonds. The Morgan fingerprint density at radius 1 is 1.15 bits per heavy atom. The monoisotopic (exact) mass is 343 g/mol. The van der Waals surface area contributed by atoms with E-state index in [-0.39, 0.29) is 0 Å². The third-order valence-electron chi connectivity index (χ3n) is 3.74. The Morgan fingerprint density at radius 3 is 2.88 bits per heavy atom. The van der Waals surface area contributed by atoms with Crippen molar-refractivity contribution in [2.75, 3.05) is 12.4 Å². The number of methoxy groups -OCH3 is 1. The Morgan fingerprint density at radius 2 is 2.04 bits per heavy atom. The first kappa shape index (κ1) is 15.5. The standard InChI is InChI=1S/C18H13N7O/c1-26-15-7-3-6-14(9-15)25-17-16(23-24-25)11-20-18(22-17)21-13-5-2-4-12(8-13)10-19/h2-9,11H,1H3,(H,20,21,22). The second-order valence-electron chi connectivity index (χ2n) is 5.42. The van der Waals surface area contributed by atoms with Crippen LogP contribution >= 0.6 is 0 Å². The minimum atomic E-state index is 0.388. The van der Waals surface area contributed by atoms with Crippen molar-refractivity contribution in [2.45, 2.75) is 0 Å². The van der Waals surface area contributed by atoms with Crippen LogP contribution in [0, 0.1) is 11.3 Å². The number of nitrogens with one attached hydrogen (secondary N) is 1. The molecule has 8 nitrogen and oxygen atoms in total. The largest absolute Gasteiger partial charge is 0.497 e. The van der Waals surface area contributed by atoms with Gasteiger partial charge in [0.2, 0.25) is 5.95 Å². The summed E-state index contributed by atoms with van der Waals surface area (Å²) >= 11 is 0. The number of anilines is 2. The fourth-order valence-electron chi connectivity index (χ4n) is 2.50. The zero-order valence-electron chi connectivity index (χ0n) is 13.8. The average Bonchev–Trinajstić information content (AvgIpc) is 3.11. The predicted molar refractivity (Wildman–Crippen MR) is 95.4 cm³/mol. The van der Waals surface area contributed by atoms with Crippen LogP contribution in [-0.2, 0) is 0 Å². The maximum absolute atomic E-state index is 9.01. The summed E-state index contributed by atoms with van der Waals surface area (Å²) in [6.07, 6.45) is 1.60. The minimum Gasteiger partial charge on any atom is -0.497 e. The van der Waals surface area contributed by atoms with Crippen molar-refractivity contribution in [1.29, 1.82) is 5.26 Å². The van der Waals surface area contributed by atoms with Gasteiger partial charge in [-0.05, 0) is 30.3 Å². The summed E-state index contributed by atoms with van der Waals surface area (Å²) < 4.78 is 6.88. The van der Waals surface area contributed by atoms with Gasteiger partial charge in [0.05, 0.1) is 30.6 Å². The third kappa shape index (κ3) is 2.89. The molecule has 0 aliphatic rings. The molecule has 4 rings (SSSR count). The molecule has 0 unspecified atom stereocenters. The Kier molecular flexibility index (Phi) is 3.88. The van der Waals surface area contributed by atoms with Crippen molar-refractivity contribution in [3.63, 3.8) is 0 Å². The Balaban J connectivity index is 1.73. The molecule has 0 bridgehead atoms. The second kappa shape index (κ2) is 6.49. The molecule has 8 heteroatoms. The lowest BCUT2D eigenvalue weighted by atomic mass is 10.2. The number of nitrogens with zero attached hydrogens (tertiary/aromatic N) is 6. The highest BCUT2D eigenvalue weighted by atomic mass is 16.5. The van der Waals surface area contributed by atoms with E-state index in [1.165, 1.54) is 0 Å². The molecule has 0 atom stereocenters. The van der Waals surface area contributed by atoms with Crippen molar-refractivity contribution in [3.8, 4) is 17.5 Å². The van der Waals surface area contributed by atoms with E-state index < -0.39 is 0 Å². The molecule has 2 aromatic heterocycles. The van der Waals surface area contributed by atoms with Crippen LogP contribution in [0.15, 0.2) is 54.7 Å². The van der Waals surface area contributed by atoms with Crippen LogP contribution < -0.4 is 10.1 Å². The molecule has 0 saturated heterocycles. The van der Waals surface area contributed by atoms with Crippen LogP contribution in [0.25, 0.3) is 16.9 Å². The predicted octanol–water partition coefficient (Wildman–Crippen LogP) is 2.83. The number of rotatable bonds is 4. The normalized spacial score (nSPS) is 10.5. The molecule has 0 aliphatic carbocycles. The summed E-state index contributed by atoms with van der Waals surface area (Å²) in [5.41, 5.74) is 3.20. The molecule has 0 spiro atoms. The molecule has 0 fully saturated rings. The van der Waals surface area contributed by atoms with Crippen LogP contribution in [0.1, 0.15) is 5.56 Å². The zero-order valence-corrected chi connectivity index (χ0v) is 13.8. The Hall–Kier alpha value is -3.99. The van der Waals surface area contributed by atoms with Gasteiger partial charge >= 0.3 is 0 Å². The highest BCUT2D eigenvalue weighted by Crippen LogP contribution is 2.21. The molecular weight excluding hydrogens is 330 g/mol. The third-order valence-corrected chi connectivity index (χ3v) is 3.74. The summed E-state index contributed by atoms with van der Waals surface area (Å²) in [5, 5.41) is 20.4. The maximum Gasteiger partial charge on any atom is 0.229 e. The maximum atomic E-state index is 9.01. The van der Waals surface area contributed by atoms with Crippen LogP contribution in [0.2, 0.25) is 0 Å². The minimum absolute atomic E-state index is 0.388. The van der Waals surface area contributed by atoms with E-state index in [1.807, 2.05) is 30.3 Å². The van der Waals surface area contributed by atoms with Crippen molar-refractivity contribution in [3.05, 3.63) is 60.3 Å². The van der Waals surface area contributed by atoms with Gasteiger partial charge in [0.1, 0.15) is 5.75 Å². The highest BCUT2D eigenvalue weighted by Gasteiger charge is 2.11. The van der Waals surface area contributed by atoms with Gasteiger partial charge < -0.3 is 10.1 Å². The SMILES string of the molecule is COc1cccc(-n2nnc3cnc(Nc4cccc(C#N)c4)nc32)c1. The van der Waals surface area contributed by atoms with Gasteiger partial charge in [0.15, 0.2) is 11.2 Å². The van der Waals surface area contributed by atoms with E-state index in [9.17, 15) is 0 Å². The highest BCUT2D eigenvalue weighted by molar-refractivity contribution is 5.73. The van der Waals surface area contributed by atoms with Crippen molar-refractivity contribution < 1.29 is 4.74 Å². The lowest BCUT2D eigenvalue weighted by Gasteiger charge is -2.06. The number of nitriles is 1. The van der Waals surface area contributed by atoms with Crippen molar-refractivity contribution in [2.24, 2.45) is 0 Å². The fraction of sp³-hybridized carbons (Fsp3) is 0.0556. The van der Waals surface area contributed by atoms with E-state index in [2.05, 4.69) is 31.7 Å². The summed E-state index contributed by atoms with van der Waals surface area (Å²) in [7, 11) is 1.61. The molecule has 4 aromatic rings. The molecule has 126 valence electrons. The Bertz CT molecular complexity index is 1130. The van der Waals surface area contributed by atoms with E-state index in [1.54, 1.807) is 36.2 Å². The fourth-order valence-corrected chi connectivity index (χ4v) is 2.50. The van der Waals surface area contributed by atoms with Gasteiger partial charge in [0, 0.05) is 11.8 Å². The quantitative estimate of drug-likeness (QED) is 0.608. The molecule has 2 heterocycles. The van der Waals surface area contributed by atoms with Gasteiger partial charge in [-0.15, -0.1) is 5.10 Å². The van der Waals surface area contributed by atoms with Crippen LogP contribution in [0.5, 0.6) is 5.75 Å². The number of benzene rings is 2. The summed E-state index contributed by atoms with van der Waals surface area (Å²) in [4.78, 5) is 8.76. The number of hydrogen-bond donors (Lipinski definition) is 1. The second-order valence-corrected chi connectivity index (χ2v) is 5.42. The summed E-state index contributed by atoms with van der Waals surface area (Å²) in [6, 6.07) is 16.7. The number of ether oxygens (including phenoxy) is 1. The Labute approximate surface area is 148 Å². The molecule has 1 N–H and O–H groups in total. The smallest absolute Gasteiger partial charge is 0.229 e. The molecule has 2 aromatic carbocycles. The van der Waals surface area contributed by atoms with Gasteiger partial charge in [-0.25, -0.2) is 4.98 Å². The van der Waals surface area contributed by atoms with Crippen LogP contribution in [0.4, 0.5) is 11.6 Å². The van der Waals surface area contributed by atoms with Gasteiger partial charge in [0.25, 0.3) is 0 Å². The molecule has 0 saturated carbocycles. The van der Waals surface area contributed by atoms with E-state index in [4.69, 9.17) is 10.00 Å². The first-order chi connectivity index (χ1) is 12.8. The van der Waals surface area contributed by atoms with Crippen LogP contribution in [-0.4, -0.2) is 32.1 Å². The first-order valence-corrected chi connectivity index (χ1v) is 7.77. The van der Waals surface area contributed by atoms with E-state index in [0.717, 1.165) is 11.4 Å². The summed E-state index contributed by atoms with van der Waals surface area (Å²) in [5.74, 6) is 1.10. The van der Waals surface area contributed by atoms with Gasteiger partial charge in [-0.3, -0.25) is 0 Å². The topological polar surface area (TPSA) is 102 Å². The first-order valence-electron chi connectivity index (χ1n) is 7.77. The van der Waals surface area contributed by atoms with Gasteiger partial charge in [-0.2, -0.15) is 14.9 Å². The molecule has 0 aliphatic heterocycles.